The molecule has 0 amide bonds. The predicted molar refractivity (Wildman–Crippen MR) is 158 cm³/mol. The summed E-state index contributed by atoms with van der Waals surface area (Å²) in [5.74, 6) is 0. The van der Waals surface area contributed by atoms with E-state index >= 15 is 0 Å². The summed E-state index contributed by atoms with van der Waals surface area (Å²) in [7, 11) is 0. The molecule has 6 aromatic carbocycles. The van der Waals surface area contributed by atoms with E-state index in [4.69, 9.17) is 0 Å². The summed E-state index contributed by atoms with van der Waals surface area (Å²) in [6, 6.07) is 46.1. The summed E-state index contributed by atoms with van der Waals surface area (Å²) in [5, 5.41) is 7.55. The lowest BCUT2D eigenvalue weighted by Gasteiger charge is -2.18. The van der Waals surface area contributed by atoms with Gasteiger partial charge in [-0.2, -0.15) is 0 Å². The molecule has 0 fully saturated rings. The number of aryl methyl sites for hydroxylation is 1. The molecule has 0 aliphatic carbocycles. The molecule has 0 aliphatic heterocycles. The summed E-state index contributed by atoms with van der Waals surface area (Å²) in [4.78, 5) is 4.66. The van der Waals surface area contributed by atoms with Crippen LogP contribution in [0.25, 0.3) is 65.8 Å². The number of pyridine rings is 1. The van der Waals surface area contributed by atoms with Crippen LogP contribution in [0.1, 0.15) is 5.56 Å². The molecule has 7 aromatic rings. The van der Waals surface area contributed by atoms with Gasteiger partial charge in [0.2, 0.25) is 0 Å². The zero-order valence-corrected chi connectivity index (χ0v) is 20.6. The number of aromatic nitrogens is 1. The molecule has 0 aliphatic rings. The van der Waals surface area contributed by atoms with Crippen molar-refractivity contribution in [2.75, 3.05) is 0 Å². The normalized spacial score (nSPS) is 11.4. The highest BCUT2D eigenvalue weighted by Crippen LogP contribution is 2.44. The third-order valence-corrected chi connectivity index (χ3v) is 7.33. The summed E-state index contributed by atoms with van der Waals surface area (Å²) in [5.41, 5.74) is 8.36. The van der Waals surface area contributed by atoms with Crippen LogP contribution in [0, 0.1) is 6.92 Å². The lowest BCUT2D eigenvalue weighted by atomic mass is 9.85. The maximum absolute atomic E-state index is 4.66. The van der Waals surface area contributed by atoms with Crippen LogP contribution in [-0.2, 0) is 0 Å². The predicted octanol–water partition coefficient (Wildman–Crippen LogP) is 9.85. The molecule has 1 nitrogen and oxygen atoms in total. The van der Waals surface area contributed by atoms with Crippen molar-refractivity contribution in [1.82, 2.24) is 4.98 Å². The molecule has 0 saturated carbocycles. The molecule has 1 heteroatoms. The van der Waals surface area contributed by atoms with Crippen LogP contribution >= 0.6 is 0 Å². The molecule has 0 N–H and O–H groups in total. The highest BCUT2D eigenvalue weighted by molar-refractivity contribution is 6.21. The Balaban J connectivity index is 1.51. The Bertz CT molecular complexity index is 1860. The first kappa shape index (κ1) is 21.5. The van der Waals surface area contributed by atoms with E-state index in [0.29, 0.717) is 0 Å². The van der Waals surface area contributed by atoms with Crippen molar-refractivity contribution in [2.24, 2.45) is 0 Å². The van der Waals surface area contributed by atoms with Gasteiger partial charge >= 0.3 is 0 Å². The highest BCUT2D eigenvalue weighted by Gasteiger charge is 2.16. The minimum Gasteiger partial charge on any atom is -0.256 e. The van der Waals surface area contributed by atoms with Gasteiger partial charge in [-0.15, -0.1) is 0 Å². The van der Waals surface area contributed by atoms with E-state index < -0.39 is 0 Å². The van der Waals surface area contributed by atoms with Gasteiger partial charge in [0.25, 0.3) is 0 Å². The van der Waals surface area contributed by atoms with Crippen LogP contribution in [0.4, 0.5) is 0 Å². The van der Waals surface area contributed by atoms with Crippen molar-refractivity contribution >= 4 is 32.3 Å². The highest BCUT2D eigenvalue weighted by atomic mass is 14.7. The first-order valence-electron chi connectivity index (χ1n) is 12.7. The van der Waals surface area contributed by atoms with Gasteiger partial charge in [0.15, 0.2) is 0 Å². The fraction of sp³-hybridized carbons (Fsp3) is 0.0278. The second-order valence-corrected chi connectivity index (χ2v) is 9.70. The number of nitrogens with zero attached hydrogens (tertiary/aromatic N) is 1. The Labute approximate surface area is 216 Å². The number of fused-ring (bicyclic) bond motifs is 3. The van der Waals surface area contributed by atoms with E-state index in [0.717, 1.165) is 11.3 Å². The van der Waals surface area contributed by atoms with E-state index in [-0.39, 0.29) is 0 Å². The Morgan fingerprint density at radius 3 is 1.57 bits per heavy atom. The van der Waals surface area contributed by atoms with Crippen molar-refractivity contribution in [1.29, 1.82) is 0 Å². The number of hydrogen-bond acceptors (Lipinski definition) is 1. The quantitative estimate of drug-likeness (QED) is 0.234. The van der Waals surface area contributed by atoms with Crippen LogP contribution in [0.2, 0.25) is 0 Å². The van der Waals surface area contributed by atoms with Crippen molar-refractivity contribution in [3.63, 3.8) is 0 Å². The number of hydrogen-bond donors (Lipinski definition) is 0. The SMILES string of the molecule is Cc1ccc(-c2ccc3ccc(-c4c5ccccc5c(-c5ccccc5)c5ccccc45)cc3c2)nc1. The molecule has 0 atom stereocenters. The third kappa shape index (κ3) is 3.68. The lowest BCUT2D eigenvalue weighted by molar-refractivity contribution is 1.27. The van der Waals surface area contributed by atoms with Gasteiger partial charge in [0.05, 0.1) is 5.69 Å². The average molecular weight is 472 g/mol. The molecule has 0 spiro atoms. The molecular formula is C36H25N. The lowest BCUT2D eigenvalue weighted by Crippen LogP contribution is -1.91. The fourth-order valence-corrected chi connectivity index (χ4v) is 5.56. The minimum atomic E-state index is 1.00. The smallest absolute Gasteiger partial charge is 0.0702 e. The van der Waals surface area contributed by atoms with Crippen molar-refractivity contribution in [3.8, 4) is 33.5 Å². The summed E-state index contributed by atoms with van der Waals surface area (Å²) >= 11 is 0. The minimum absolute atomic E-state index is 1.00. The first-order chi connectivity index (χ1) is 18.3. The second kappa shape index (κ2) is 8.72. The molecule has 1 heterocycles. The standard InChI is InChI=1S/C36H25N/c1-24-15-20-34(37-23-24)27-18-16-25-17-19-28(22-29(25)21-27)36-32-13-7-5-11-30(32)35(26-9-3-2-4-10-26)31-12-6-8-14-33(31)36/h2-23H,1H3. The molecular weight excluding hydrogens is 446 g/mol. The van der Waals surface area contributed by atoms with Crippen molar-refractivity contribution in [2.45, 2.75) is 6.92 Å². The van der Waals surface area contributed by atoms with E-state index in [1.807, 2.05) is 6.20 Å². The molecule has 0 radical (unpaired) electrons. The molecule has 37 heavy (non-hydrogen) atoms. The van der Waals surface area contributed by atoms with E-state index in [1.54, 1.807) is 0 Å². The Morgan fingerprint density at radius 2 is 0.973 bits per heavy atom. The maximum atomic E-state index is 4.66. The van der Waals surface area contributed by atoms with Crippen LogP contribution in [0.15, 0.2) is 134 Å². The van der Waals surface area contributed by atoms with E-state index in [9.17, 15) is 0 Å². The monoisotopic (exact) mass is 471 g/mol. The molecule has 1 aromatic heterocycles. The van der Waals surface area contributed by atoms with Gasteiger partial charge < -0.3 is 0 Å². The van der Waals surface area contributed by atoms with Gasteiger partial charge in [0.1, 0.15) is 0 Å². The van der Waals surface area contributed by atoms with Gasteiger partial charge in [0, 0.05) is 11.8 Å². The van der Waals surface area contributed by atoms with Gasteiger partial charge in [-0.05, 0) is 85.3 Å². The molecule has 174 valence electrons. The molecule has 7 rings (SSSR count). The molecule has 0 unspecified atom stereocenters. The van der Waals surface area contributed by atoms with Crippen molar-refractivity contribution in [3.05, 3.63) is 139 Å². The Hall–Kier alpha value is -4.75. The largest absolute Gasteiger partial charge is 0.256 e. The van der Waals surface area contributed by atoms with Crippen LogP contribution in [0.5, 0.6) is 0 Å². The zero-order chi connectivity index (χ0) is 24.8. The topological polar surface area (TPSA) is 12.9 Å². The summed E-state index contributed by atoms with van der Waals surface area (Å²) in [6.45, 7) is 2.07. The van der Waals surface area contributed by atoms with Crippen LogP contribution in [0.3, 0.4) is 0 Å². The van der Waals surface area contributed by atoms with E-state index in [2.05, 4.69) is 139 Å². The number of benzene rings is 6. The van der Waals surface area contributed by atoms with Gasteiger partial charge in [-0.3, -0.25) is 4.98 Å². The number of rotatable bonds is 3. The van der Waals surface area contributed by atoms with Gasteiger partial charge in [-0.1, -0.05) is 109 Å². The third-order valence-electron chi connectivity index (χ3n) is 7.33. The average Bonchev–Trinajstić information content (AvgIpc) is 2.96. The van der Waals surface area contributed by atoms with Crippen LogP contribution < -0.4 is 0 Å². The fourth-order valence-electron chi connectivity index (χ4n) is 5.56. The van der Waals surface area contributed by atoms with Gasteiger partial charge in [-0.25, -0.2) is 0 Å². The summed E-state index contributed by atoms with van der Waals surface area (Å²) in [6.07, 6.45) is 1.93. The van der Waals surface area contributed by atoms with Crippen molar-refractivity contribution < 1.29 is 0 Å². The van der Waals surface area contributed by atoms with E-state index in [1.165, 1.54) is 60.1 Å². The Kier molecular flexibility index (Phi) is 5.08. The Morgan fingerprint density at radius 1 is 0.432 bits per heavy atom. The first-order valence-corrected chi connectivity index (χ1v) is 12.7. The molecule has 0 saturated heterocycles. The maximum Gasteiger partial charge on any atom is 0.0702 e. The van der Waals surface area contributed by atoms with Crippen LogP contribution in [-0.4, -0.2) is 4.98 Å². The second-order valence-electron chi connectivity index (χ2n) is 9.70. The summed E-state index contributed by atoms with van der Waals surface area (Å²) < 4.78 is 0. The zero-order valence-electron chi connectivity index (χ0n) is 20.6. The molecule has 0 bridgehead atoms.